The lowest BCUT2D eigenvalue weighted by Crippen LogP contribution is -2.41. The number of anilines is 1. The molecule has 2 saturated heterocycles. The average molecular weight is 363 g/mol. The zero-order valence-electron chi connectivity index (χ0n) is 15.6. The van der Waals surface area contributed by atoms with E-state index in [0.717, 1.165) is 50.5 Å². The van der Waals surface area contributed by atoms with Crippen molar-refractivity contribution in [3.63, 3.8) is 0 Å². The van der Waals surface area contributed by atoms with E-state index in [9.17, 15) is 4.79 Å². The number of nitrogens with one attached hydrogen (secondary N) is 1. The van der Waals surface area contributed by atoms with Crippen LogP contribution in [0.2, 0.25) is 0 Å². The van der Waals surface area contributed by atoms with Crippen molar-refractivity contribution in [3.8, 4) is 0 Å². The van der Waals surface area contributed by atoms with E-state index in [4.69, 9.17) is 14.2 Å². The zero-order valence-corrected chi connectivity index (χ0v) is 15.6. The lowest BCUT2D eigenvalue weighted by molar-refractivity contribution is -0.133. The molecule has 0 radical (unpaired) electrons. The van der Waals surface area contributed by atoms with E-state index in [1.54, 1.807) is 6.92 Å². The van der Waals surface area contributed by atoms with Gasteiger partial charge in [-0.05, 0) is 38.3 Å². The molecule has 0 aliphatic carbocycles. The first-order valence-corrected chi connectivity index (χ1v) is 9.44. The van der Waals surface area contributed by atoms with Crippen molar-refractivity contribution in [2.75, 3.05) is 37.8 Å². The Labute approximate surface area is 155 Å². The van der Waals surface area contributed by atoms with E-state index < -0.39 is 6.10 Å². The van der Waals surface area contributed by atoms with Crippen molar-refractivity contribution in [1.82, 2.24) is 10.3 Å². The molecule has 2 aliphatic rings. The molecule has 0 spiro atoms. The standard InChI is InChI=1S/C19H29N3O4/c1-14-12-22(7-9-24-14)18-6-5-16(10-20-18)11-21-19(23)15(2)26-13-17-4-3-8-25-17/h5-6,10,14-15,17H,3-4,7-9,11-13H2,1-2H3,(H,21,23). The fourth-order valence-electron chi connectivity index (χ4n) is 3.17. The molecule has 0 bridgehead atoms. The lowest BCUT2D eigenvalue weighted by atomic mass is 10.2. The summed E-state index contributed by atoms with van der Waals surface area (Å²) in [5.41, 5.74) is 0.967. The summed E-state index contributed by atoms with van der Waals surface area (Å²) >= 11 is 0. The van der Waals surface area contributed by atoms with Gasteiger partial charge in [0.05, 0.1) is 25.4 Å². The number of carbonyl (C=O) groups excluding carboxylic acids is 1. The first-order chi connectivity index (χ1) is 12.6. The number of carbonyl (C=O) groups is 1. The summed E-state index contributed by atoms with van der Waals surface area (Å²) in [5.74, 6) is 0.831. The maximum atomic E-state index is 12.2. The van der Waals surface area contributed by atoms with Crippen LogP contribution < -0.4 is 10.2 Å². The average Bonchev–Trinajstić information content (AvgIpc) is 3.18. The molecule has 7 heteroatoms. The largest absolute Gasteiger partial charge is 0.376 e. The Balaban J connectivity index is 1.41. The van der Waals surface area contributed by atoms with Gasteiger partial charge in [0.1, 0.15) is 11.9 Å². The monoisotopic (exact) mass is 363 g/mol. The van der Waals surface area contributed by atoms with E-state index in [1.165, 1.54) is 0 Å². The molecule has 1 aromatic rings. The molecule has 3 rings (SSSR count). The highest BCUT2D eigenvalue weighted by atomic mass is 16.5. The third-order valence-electron chi connectivity index (χ3n) is 4.77. The molecule has 26 heavy (non-hydrogen) atoms. The van der Waals surface area contributed by atoms with Crippen LogP contribution in [-0.2, 0) is 25.5 Å². The topological polar surface area (TPSA) is 72.9 Å². The fourth-order valence-corrected chi connectivity index (χ4v) is 3.17. The first kappa shape index (κ1) is 19.1. The molecule has 3 heterocycles. The summed E-state index contributed by atoms with van der Waals surface area (Å²) in [5, 5.41) is 2.90. The summed E-state index contributed by atoms with van der Waals surface area (Å²) in [6.45, 7) is 7.98. The number of aromatic nitrogens is 1. The molecule has 1 aromatic heterocycles. The number of ether oxygens (including phenoxy) is 3. The van der Waals surface area contributed by atoms with E-state index in [1.807, 2.05) is 18.3 Å². The Morgan fingerprint density at radius 2 is 2.31 bits per heavy atom. The Morgan fingerprint density at radius 1 is 1.42 bits per heavy atom. The predicted molar refractivity (Wildman–Crippen MR) is 98.1 cm³/mol. The van der Waals surface area contributed by atoms with Crippen LogP contribution in [0.15, 0.2) is 18.3 Å². The summed E-state index contributed by atoms with van der Waals surface area (Å²) in [6, 6.07) is 4.00. The van der Waals surface area contributed by atoms with Crippen molar-refractivity contribution in [2.24, 2.45) is 0 Å². The molecular weight excluding hydrogens is 334 g/mol. The van der Waals surface area contributed by atoms with Crippen LogP contribution in [-0.4, -0.2) is 62.1 Å². The molecule has 3 unspecified atom stereocenters. The number of amides is 1. The molecule has 2 aliphatic heterocycles. The van der Waals surface area contributed by atoms with E-state index >= 15 is 0 Å². The number of hydrogen-bond acceptors (Lipinski definition) is 6. The number of nitrogens with zero attached hydrogens (tertiary/aromatic N) is 2. The number of pyridine rings is 1. The fraction of sp³-hybridized carbons (Fsp3) is 0.684. The van der Waals surface area contributed by atoms with Gasteiger partial charge in [0.15, 0.2) is 0 Å². The van der Waals surface area contributed by atoms with Gasteiger partial charge < -0.3 is 24.4 Å². The molecule has 3 atom stereocenters. The SMILES string of the molecule is CC1CN(c2ccc(CNC(=O)C(C)OCC3CCCO3)cn2)CCO1. The number of morpholine rings is 1. The quantitative estimate of drug-likeness (QED) is 0.792. The molecular formula is C19H29N3O4. The minimum absolute atomic E-state index is 0.117. The highest BCUT2D eigenvalue weighted by Gasteiger charge is 2.20. The lowest BCUT2D eigenvalue weighted by Gasteiger charge is -2.32. The van der Waals surface area contributed by atoms with Crippen LogP contribution in [0.1, 0.15) is 32.3 Å². The summed E-state index contributed by atoms with van der Waals surface area (Å²) in [6.07, 6.45) is 3.76. The third-order valence-corrected chi connectivity index (χ3v) is 4.77. The van der Waals surface area contributed by atoms with Gasteiger partial charge in [-0.25, -0.2) is 4.98 Å². The van der Waals surface area contributed by atoms with Crippen LogP contribution in [0.3, 0.4) is 0 Å². The van der Waals surface area contributed by atoms with Gasteiger partial charge in [-0.15, -0.1) is 0 Å². The zero-order chi connectivity index (χ0) is 18.4. The van der Waals surface area contributed by atoms with Gasteiger partial charge in [0.25, 0.3) is 0 Å². The summed E-state index contributed by atoms with van der Waals surface area (Å²) in [4.78, 5) is 18.9. The Bertz CT molecular complexity index is 575. The smallest absolute Gasteiger partial charge is 0.249 e. The molecule has 0 aromatic carbocycles. The highest BCUT2D eigenvalue weighted by Crippen LogP contribution is 2.16. The highest BCUT2D eigenvalue weighted by molar-refractivity contribution is 5.80. The van der Waals surface area contributed by atoms with Gasteiger partial charge >= 0.3 is 0 Å². The molecule has 0 saturated carbocycles. The van der Waals surface area contributed by atoms with Gasteiger partial charge in [-0.3, -0.25) is 4.79 Å². The maximum absolute atomic E-state index is 12.2. The van der Waals surface area contributed by atoms with Crippen molar-refractivity contribution in [1.29, 1.82) is 0 Å². The minimum Gasteiger partial charge on any atom is -0.376 e. The van der Waals surface area contributed by atoms with E-state index in [0.29, 0.717) is 13.2 Å². The van der Waals surface area contributed by atoms with Crippen LogP contribution in [0.4, 0.5) is 5.82 Å². The first-order valence-electron chi connectivity index (χ1n) is 9.44. The van der Waals surface area contributed by atoms with Crippen molar-refractivity contribution in [2.45, 2.75) is 51.5 Å². The Kier molecular flexibility index (Phi) is 6.82. The maximum Gasteiger partial charge on any atom is 0.249 e. The molecule has 7 nitrogen and oxygen atoms in total. The van der Waals surface area contributed by atoms with Crippen LogP contribution in [0, 0.1) is 0 Å². The predicted octanol–water partition coefficient (Wildman–Crippen LogP) is 1.51. The Morgan fingerprint density at radius 3 is 3.00 bits per heavy atom. The molecule has 1 N–H and O–H groups in total. The normalized spacial score (nSPS) is 24.5. The second kappa shape index (κ2) is 9.30. The molecule has 144 valence electrons. The minimum atomic E-state index is -0.485. The Hall–Kier alpha value is -1.70. The number of rotatable bonds is 7. The van der Waals surface area contributed by atoms with Gasteiger partial charge in [0, 0.05) is 32.4 Å². The second-order valence-electron chi connectivity index (χ2n) is 6.98. The van der Waals surface area contributed by atoms with E-state index in [-0.39, 0.29) is 18.1 Å². The van der Waals surface area contributed by atoms with Crippen LogP contribution in [0.5, 0.6) is 0 Å². The van der Waals surface area contributed by atoms with Gasteiger partial charge in [0.2, 0.25) is 5.91 Å². The van der Waals surface area contributed by atoms with Crippen molar-refractivity contribution >= 4 is 11.7 Å². The molecule has 1 amide bonds. The molecule has 2 fully saturated rings. The second-order valence-corrected chi connectivity index (χ2v) is 6.98. The van der Waals surface area contributed by atoms with Crippen LogP contribution in [0.25, 0.3) is 0 Å². The van der Waals surface area contributed by atoms with Crippen LogP contribution >= 0.6 is 0 Å². The van der Waals surface area contributed by atoms with E-state index in [2.05, 4.69) is 22.1 Å². The number of hydrogen-bond donors (Lipinski definition) is 1. The summed E-state index contributed by atoms with van der Waals surface area (Å²) < 4.78 is 16.7. The van der Waals surface area contributed by atoms with Crippen molar-refractivity contribution < 1.29 is 19.0 Å². The van der Waals surface area contributed by atoms with Gasteiger partial charge in [-0.2, -0.15) is 0 Å². The summed E-state index contributed by atoms with van der Waals surface area (Å²) in [7, 11) is 0. The third kappa shape index (κ3) is 5.40. The van der Waals surface area contributed by atoms with Crippen molar-refractivity contribution in [3.05, 3.63) is 23.9 Å². The van der Waals surface area contributed by atoms with Gasteiger partial charge in [-0.1, -0.05) is 6.07 Å².